The lowest BCUT2D eigenvalue weighted by Gasteiger charge is -2.46. The van der Waals surface area contributed by atoms with Gasteiger partial charge in [0.05, 0.1) is 32.0 Å². The third-order valence-electron chi connectivity index (χ3n) is 18.8. The van der Waals surface area contributed by atoms with Crippen molar-refractivity contribution < 1.29 is 64.6 Å². The number of amides is 1. The van der Waals surface area contributed by atoms with Gasteiger partial charge >= 0.3 is 0 Å². The molecule has 14 nitrogen and oxygen atoms in total. The molecule has 2 rings (SSSR count). The molecule has 0 aliphatic carbocycles. The average molecular weight is 1370 g/mol. The Hall–Kier alpha value is -3.35. The highest BCUT2D eigenvalue weighted by Gasteiger charge is 2.51. The number of unbranched alkanes of at least 4 members (excludes halogenated alkanes) is 34. The van der Waals surface area contributed by atoms with E-state index in [1.165, 1.54) is 167 Å². The zero-order valence-corrected chi connectivity index (χ0v) is 61.3. The Balaban J connectivity index is 1.65. The molecule has 9 N–H and O–H groups in total. The maximum atomic E-state index is 13.4. The van der Waals surface area contributed by atoms with Gasteiger partial charge in [0.2, 0.25) is 5.91 Å². The highest BCUT2D eigenvalue weighted by Crippen LogP contribution is 2.30. The number of carbonyl (C=O) groups is 1. The zero-order chi connectivity index (χ0) is 70.1. The van der Waals surface area contributed by atoms with Crippen LogP contribution in [0, 0.1) is 0 Å². The molecule has 560 valence electrons. The Labute approximate surface area is 591 Å². The molecule has 0 saturated carbocycles. The predicted molar refractivity (Wildman–Crippen MR) is 401 cm³/mol. The minimum atomic E-state index is -1.79. The predicted octanol–water partition coefficient (Wildman–Crippen LogP) is 17.9. The second-order valence-corrected chi connectivity index (χ2v) is 27.5. The Morgan fingerprint density at radius 2 is 0.711 bits per heavy atom. The van der Waals surface area contributed by atoms with Crippen molar-refractivity contribution in [1.82, 2.24) is 5.32 Å². The van der Waals surface area contributed by atoms with Gasteiger partial charge < -0.3 is 65.1 Å². The molecule has 2 aliphatic rings. The van der Waals surface area contributed by atoms with Crippen molar-refractivity contribution in [2.45, 2.75) is 389 Å². The van der Waals surface area contributed by atoms with Crippen molar-refractivity contribution in [3.8, 4) is 0 Å². The third kappa shape index (κ3) is 49.0. The number of carbonyl (C=O) groups excluding carboxylic acids is 1. The molecule has 1 amide bonds. The number of nitrogens with one attached hydrogen (secondary N) is 1. The van der Waals surface area contributed by atoms with E-state index in [1.807, 2.05) is 0 Å². The standard InChI is InChI=1S/C83H145NO13/c1-3-5-7-9-11-13-15-17-19-21-23-25-27-29-31-33-35-36-37-39-41-43-45-47-49-51-53-55-57-59-61-63-65-67-75(88)84-71(70-94-82-80(93)78(91)81(74(69-86)96-82)97-83-79(92)77(90)76(89)73(68-85)95-83)72(87)66-64-62-60-58-56-54-52-50-48-46-44-42-40-38-34-32-30-28-26-24-22-20-18-16-14-12-10-8-6-4-2/h5,7,11,13,17,19,23,25,29,31,35-36,39,41,45,47,51,53,71-74,76-83,85-87,89-93H,3-4,6,8-10,12,14-16,18,20-22,24,26-28,30,32-34,37-38,40,42-44,46,48-50,52,54-70H2,1-2H3,(H,84,88)/b7-5-,13-11-,19-17-,25-23-,31-29-,36-35-,41-39-,47-45-,53-51-. The first-order chi connectivity index (χ1) is 47.6. The van der Waals surface area contributed by atoms with Crippen LogP contribution in [-0.2, 0) is 23.7 Å². The second-order valence-electron chi connectivity index (χ2n) is 27.5. The first kappa shape index (κ1) is 89.7. The molecular weight excluding hydrogens is 1220 g/mol. The van der Waals surface area contributed by atoms with Gasteiger partial charge in [0, 0.05) is 6.42 Å². The monoisotopic (exact) mass is 1360 g/mol. The van der Waals surface area contributed by atoms with Crippen LogP contribution in [-0.4, -0.2) is 140 Å². The van der Waals surface area contributed by atoms with Crippen molar-refractivity contribution in [3.05, 3.63) is 109 Å². The molecule has 2 heterocycles. The third-order valence-corrected chi connectivity index (χ3v) is 18.8. The summed E-state index contributed by atoms with van der Waals surface area (Å²) in [6, 6.07) is -0.850. The minimum Gasteiger partial charge on any atom is -0.394 e. The van der Waals surface area contributed by atoms with Crippen LogP contribution in [0.2, 0.25) is 0 Å². The molecule has 0 bridgehead atoms. The fourth-order valence-corrected chi connectivity index (χ4v) is 12.5. The van der Waals surface area contributed by atoms with Crippen LogP contribution >= 0.6 is 0 Å². The Bertz CT molecular complexity index is 2050. The summed E-state index contributed by atoms with van der Waals surface area (Å²) in [5.41, 5.74) is 0. The van der Waals surface area contributed by atoms with Gasteiger partial charge in [-0.3, -0.25) is 4.79 Å². The number of hydrogen-bond donors (Lipinski definition) is 9. The van der Waals surface area contributed by atoms with E-state index in [0.29, 0.717) is 12.8 Å². The van der Waals surface area contributed by atoms with Crippen LogP contribution in [0.5, 0.6) is 0 Å². The van der Waals surface area contributed by atoms with Gasteiger partial charge in [0.15, 0.2) is 12.6 Å². The van der Waals surface area contributed by atoms with Gasteiger partial charge in [-0.1, -0.05) is 335 Å². The van der Waals surface area contributed by atoms with E-state index < -0.39 is 86.8 Å². The molecule has 0 radical (unpaired) electrons. The van der Waals surface area contributed by atoms with E-state index >= 15 is 0 Å². The molecule has 97 heavy (non-hydrogen) atoms. The smallest absolute Gasteiger partial charge is 0.220 e. The summed E-state index contributed by atoms with van der Waals surface area (Å²) in [7, 11) is 0. The number of rotatable bonds is 65. The van der Waals surface area contributed by atoms with Crippen molar-refractivity contribution in [3.63, 3.8) is 0 Å². The number of ether oxygens (including phenoxy) is 4. The zero-order valence-electron chi connectivity index (χ0n) is 61.3. The van der Waals surface area contributed by atoms with Crippen molar-refractivity contribution in [2.75, 3.05) is 19.8 Å². The quantitative estimate of drug-likeness (QED) is 0.0204. The fraction of sp³-hybridized carbons (Fsp3) is 0.771. The molecule has 0 aromatic carbocycles. The summed E-state index contributed by atoms with van der Waals surface area (Å²) >= 11 is 0. The summed E-state index contributed by atoms with van der Waals surface area (Å²) < 4.78 is 23.0. The second kappa shape index (κ2) is 65.9. The number of aliphatic hydroxyl groups is 8. The van der Waals surface area contributed by atoms with Gasteiger partial charge in [-0.15, -0.1) is 0 Å². The topological polar surface area (TPSA) is 228 Å². The highest BCUT2D eigenvalue weighted by molar-refractivity contribution is 5.76. The lowest BCUT2D eigenvalue weighted by molar-refractivity contribution is -0.359. The lowest BCUT2D eigenvalue weighted by Crippen LogP contribution is -2.65. The van der Waals surface area contributed by atoms with Crippen LogP contribution in [0.15, 0.2) is 109 Å². The van der Waals surface area contributed by atoms with E-state index in [0.717, 1.165) is 116 Å². The highest BCUT2D eigenvalue weighted by atomic mass is 16.7. The number of aliphatic hydroxyl groups excluding tert-OH is 8. The van der Waals surface area contributed by atoms with Crippen LogP contribution in [0.4, 0.5) is 0 Å². The first-order valence-corrected chi connectivity index (χ1v) is 39.6. The van der Waals surface area contributed by atoms with Crippen LogP contribution in [0.25, 0.3) is 0 Å². The van der Waals surface area contributed by atoms with Gasteiger partial charge in [0.25, 0.3) is 0 Å². The lowest BCUT2D eigenvalue weighted by atomic mass is 9.97. The Morgan fingerprint density at radius 1 is 0.381 bits per heavy atom. The van der Waals surface area contributed by atoms with Crippen molar-refractivity contribution in [1.29, 1.82) is 0 Å². The van der Waals surface area contributed by atoms with Crippen LogP contribution in [0.3, 0.4) is 0 Å². The van der Waals surface area contributed by atoms with Gasteiger partial charge in [-0.05, 0) is 83.5 Å². The number of hydrogen-bond acceptors (Lipinski definition) is 13. The molecule has 2 fully saturated rings. The van der Waals surface area contributed by atoms with E-state index in [-0.39, 0.29) is 18.9 Å². The van der Waals surface area contributed by atoms with E-state index in [2.05, 4.69) is 129 Å². The largest absolute Gasteiger partial charge is 0.394 e. The SMILES string of the molecule is CC/C=C\C/C=C\C/C=C\C/C=C\C/C=C\C/C=C\C/C=C\C/C=C\C/C=C\CCCCCCCC(=O)NC(COC1OC(CO)C(OC2OC(CO)C(O)C(O)C2O)C(O)C1O)C(O)CCCCCCCCCCCCCCCCCCCCCCCCCCCCCCCC. The number of allylic oxidation sites excluding steroid dienone is 18. The average Bonchev–Trinajstić information content (AvgIpc) is 0.794. The summed E-state index contributed by atoms with van der Waals surface area (Å²) in [6.45, 7) is 2.77. The van der Waals surface area contributed by atoms with Gasteiger partial charge in [-0.2, -0.15) is 0 Å². The van der Waals surface area contributed by atoms with Crippen LogP contribution < -0.4 is 5.32 Å². The molecule has 14 heteroatoms. The molecule has 2 saturated heterocycles. The molecule has 0 spiro atoms. The van der Waals surface area contributed by atoms with Crippen molar-refractivity contribution in [2.24, 2.45) is 0 Å². The summed E-state index contributed by atoms with van der Waals surface area (Å²) in [5.74, 6) is -0.226. The Kier molecular flexibility index (Phi) is 61.0. The van der Waals surface area contributed by atoms with Gasteiger partial charge in [0.1, 0.15) is 48.8 Å². The maximum Gasteiger partial charge on any atom is 0.220 e. The van der Waals surface area contributed by atoms with E-state index in [9.17, 15) is 45.6 Å². The van der Waals surface area contributed by atoms with Gasteiger partial charge in [-0.25, -0.2) is 0 Å². The molecular formula is C83H145NO13. The fourth-order valence-electron chi connectivity index (χ4n) is 12.5. The normalized spacial score (nSPS) is 22.7. The minimum absolute atomic E-state index is 0.226. The van der Waals surface area contributed by atoms with E-state index in [1.54, 1.807) is 0 Å². The summed E-state index contributed by atoms with van der Waals surface area (Å²) in [5, 5.41) is 87.8. The Morgan fingerprint density at radius 3 is 1.09 bits per heavy atom. The van der Waals surface area contributed by atoms with Crippen molar-refractivity contribution >= 4 is 5.91 Å². The van der Waals surface area contributed by atoms with E-state index in [4.69, 9.17) is 18.9 Å². The molecule has 0 aromatic heterocycles. The summed E-state index contributed by atoms with van der Waals surface area (Å²) in [6.07, 6.45) is 78.3. The maximum absolute atomic E-state index is 13.4. The molecule has 0 aromatic rings. The van der Waals surface area contributed by atoms with Crippen LogP contribution in [0.1, 0.15) is 316 Å². The first-order valence-electron chi connectivity index (χ1n) is 39.6. The molecule has 12 unspecified atom stereocenters. The molecule has 12 atom stereocenters. The molecule has 2 aliphatic heterocycles. The summed E-state index contributed by atoms with van der Waals surface area (Å²) in [4.78, 5) is 13.4.